The van der Waals surface area contributed by atoms with E-state index in [1.54, 1.807) is 11.4 Å². The molecule has 0 atom stereocenters. The fourth-order valence-electron chi connectivity index (χ4n) is 7.76. The van der Waals surface area contributed by atoms with Crippen molar-refractivity contribution in [3.63, 3.8) is 0 Å². The molecule has 0 unspecified atom stereocenters. The van der Waals surface area contributed by atoms with E-state index in [-0.39, 0.29) is 0 Å². The summed E-state index contributed by atoms with van der Waals surface area (Å²) in [5, 5.41) is 0. The molecule has 0 amide bonds. The molecule has 2 aromatic rings. The summed E-state index contributed by atoms with van der Waals surface area (Å²) in [7, 11) is -17.2. The van der Waals surface area contributed by atoms with Gasteiger partial charge in [-0.15, -0.1) is 0 Å². The minimum absolute atomic E-state index is 1.12. The van der Waals surface area contributed by atoms with Crippen LogP contribution in [0.1, 0.15) is 202 Å². The second-order valence-electron chi connectivity index (χ2n) is 17.5. The van der Waals surface area contributed by atoms with Crippen LogP contribution < -0.4 is 9.13 Å². The van der Waals surface area contributed by atoms with Crippen molar-refractivity contribution in [1.29, 1.82) is 0 Å². The standard InChI is InChI=1S/C46H82N2S2.2F6P/c1-7-9-11-13-15-17-19-21-23-25-27-29-31-45-39-41(3)37-43(5)47(45)33-35-49-50-36-34-48-44(6)38-42(4)40-46(48)32-30-28-26-24-22-20-18-16-14-12-10-8-2;2*1-7(2,3,4,5)6/h37-40H,7-36H2,1-6H3;;/q+2;2*-1. The summed E-state index contributed by atoms with van der Waals surface area (Å²) in [6.45, 7) is 16.0. The van der Waals surface area contributed by atoms with Crippen molar-refractivity contribution in [1.82, 2.24) is 0 Å². The fourth-order valence-corrected chi connectivity index (χ4v) is 9.66. The molecular formula is C46H82F12N2P2S2. The van der Waals surface area contributed by atoms with Crippen LogP contribution in [0.25, 0.3) is 0 Å². The summed E-state index contributed by atoms with van der Waals surface area (Å²) in [6.07, 6.45) is 36.5. The minimum atomic E-state index is -10.7. The summed E-state index contributed by atoms with van der Waals surface area (Å²) in [4.78, 5) is 0. The number of aromatic nitrogens is 2. The van der Waals surface area contributed by atoms with E-state index < -0.39 is 15.6 Å². The molecule has 382 valence electrons. The van der Waals surface area contributed by atoms with E-state index in [2.05, 4.69) is 96.5 Å². The van der Waals surface area contributed by atoms with Crippen LogP contribution in [0, 0.1) is 27.7 Å². The first-order valence-electron chi connectivity index (χ1n) is 23.7. The number of nitrogens with zero attached hydrogens (tertiary/aromatic N) is 2. The number of hydrogen-bond acceptors (Lipinski definition) is 2. The Kier molecular flexibility index (Phi) is 28.7. The number of pyridine rings is 2. The third kappa shape index (κ3) is 47.5. The summed E-state index contributed by atoms with van der Waals surface area (Å²) in [6, 6.07) is 9.66. The van der Waals surface area contributed by atoms with Crippen LogP contribution in [0.5, 0.6) is 0 Å². The number of unbranched alkanes of at least 4 members (excludes halogenated alkanes) is 22. The van der Waals surface area contributed by atoms with Crippen molar-refractivity contribution in [3.8, 4) is 0 Å². The van der Waals surface area contributed by atoms with Crippen molar-refractivity contribution >= 4 is 37.2 Å². The molecular weight excluding hydrogens is 935 g/mol. The number of aryl methyl sites for hydroxylation is 6. The van der Waals surface area contributed by atoms with Gasteiger partial charge in [-0.2, -0.15) is 9.13 Å². The molecule has 0 aliphatic rings. The van der Waals surface area contributed by atoms with E-state index in [0.717, 1.165) is 13.1 Å². The summed E-state index contributed by atoms with van der Waals surface area (Å²) >= 11 is 0. The average molecular weight is 1020 g/mol. The van der Waals surface area contributed by atoms with Gasteiger partial charge in [-0.25, -0.2) is 0 Å². The zero-order chi connectivity index (χ0) is 48.9. The average Bonchev–Trinajstić information content (AvgIpc) is 3.12. The third-order valence-electron chi connectivity index (χ3n) is 10.7. The van der Waals surface area contributed by atoms with E-state index in [1.807, 2.05) is 0 Å². The first kappa shape index (κ1) is 63.0. The summed E-state index contributed by atoms with van der Waals surface area (Å²) in [5.41, 5.74) is 8.79. The van der Waals surface area contributed by atoms with Crippen LogP contribution in [0.15, 0.2) is 24.3 Å². The molecule has 0 saturated heterocycles. The molecule has 2 nitrogen and oxygen atoms in total. The molecule has 0 fully saturated rings. The second-order valence-corrected chi connectivity index (χ2v) is 24.0. The van der Waals surface area contributed by atoms with Crippen molar-refractivity contribution in [3.05, 3.63) is 58.2 Å². The van der Waals surface area contributed by atoms with Crippen LogP contribution >= 0.6 is 37.2 Å². The van der Waals surface area contributed by atoms with Crippen LogP contribution in [-0.4, -0.2) is 11.5 Å². The Balaban J connectivity index is 0.00000243. The van der Waals surface area contributed by atoms with Gasteiger partial charge >= 0.3 is 66.0 Å². The van der Waals surface area contributed by atoms with E-state index in [0.29, 0.717) is 0 Å². The molecule has 0 aliphatic heterocycles. The SMILES string of the molecule is CCCCCCCCCCCCCCc1cc(C)cc(C)[n+]1CCSSCC[n+]1c(C)cc(C)cc1CCCCCCCCCCCCCC.F[P-](F)(F)(F)(F)F.F[P-](F)(F)(F)(F)F. The van der Waals surface area contributed by atoms with Gasteiger partial charge < -0.3 is 0 Å². The maximum absolute atomic E-state index is 10.7. The van der Waals surface area contributed by atoms with Gasteiger partial charge in [-0.1, -0.05) is 177 Å². The molecule has 64 heavy (non-hydrogen) atoms. The Morgan fingerprint density at radius 3 is 0.812 bits per heavy atom. The van der Waals surface area contributed by atoms with Crippen molar-refractivity contribution in [2.24, 2.45) is 0 Å². The summed E-state index contributed by atoms with van der Waals surface area (Å²) < 4.78 is 124. The van der Waals surface area contributed by atoms with E-state index in [1.165, 1.54) is 201 Å². The third-order valence-corrected chi connectivity index (χ3v) is 13.0. The van der Waals surface area contributed by atoms with Gasteiger partial charge in [0, 0.05) is 51.0 Å². The summed E-state index contributed by atoms with van der Waals surface area (Å²) in [5.74, 6) is 2.35. The molecule has 0 aliphatic carbocycles. The first-order valence-corrected chi connectivity index (χ1v) is 30.3. The number of hydrogen-bond donors (Lipinski definition) is 0. The van der Waals surface area contributed by atoms with Crippen LogP contribution in [0.4, 0.5) is 50.4 Å². The molecule has 0 saturated carbocycles. The Morgan fingerprint density at radius 2 is 0.578 bits per heavy atom. The molecule has 2 rings (SSSR count). The molecule has 18 heteroatoms. The Labute approximate surface area is 386 Å². The van der Waals surface area contributed by atoms with Gasteiger partial charge in [0.05, 0.1) is 11.5 Å². The van der Waals surface area contributed by atoms with Gasteiger partial charge in [-0.3, -0.25) is 0 Å². The fraction of sp³-hybridized carbons (Fsp3) is 0.783. The van der Waals surface area contributed by atoms with E-state index in [4.69, 9.17) is 0 Å². The van der Waals surface area contributed by atoms with Crippen LogP contribution in [0.2, 0.25) is 0 Å². The molecule has 0 bridgehead atoms. The molecule has 0 aromatic carbocycles. The van der Waals surface area contributed by atoms with Crippen LogP contribution in [-0.2, 0) is 25.9 Å². The Morgan fingerprint density at radius 1 is 0.359 bits per heavy atom. The molecule has 0 N–H and O–H groups in total. The van der Waals surface area contributed by atoms with E-state index in [9.17, 15) is 50.4 Å². The normalized spacial score (nSPS) is 14.1. The molecule has 0 radical (unpaired) electrons. The topological polar surface area (TPSA) is 7.76 Å². The zero-order valence-corrected chi connectivity index (χ0v) is 43.1. The van der Waals surface area contributed by atoms with Crippen LogP contribution in [0.3, 0.4) is 0 Å². The monoisotopic (exact) mass is 1020 g/mol. The van der Waals surface area contributed by atoms with Gasteiger partial charge in [0.1, 0.15) is 0 Å². The quantitative estimate of drug-likeness (QED) is 0.0231. The van der Waals surface area contributed by atoms with E-state index >= 15 is 0 Å². The van der Waals surface area contributed by atoms with Gasteiger partial charge in [0.25, 0.3) is 0 Å². The van der Waals surface area contributed by atoms with Crippen molar-refractivity contribution in [2.75, 3.05) is 11.5 Å². The Hall–Kier alpha value is -0.980. The van der Waals surface area contributed by atoms with Gasteiger partial charge in [0.2, 0.25) is 0 Å². The molecule has 2 aromatic heterocycles. The molecule has 2 heterocycles. The Bertz CT molecular complexity index is 1420. The van der Waals surface area contributed by atoms with Gasteiger partial charge in [-0.05, 0) is 37.8 Å². The second kappa shape index (κ2) is 29.1. The predicted molar refractivity (Wildman–Crippen MR) is 254 cm³/mol. The van der Waals surface area contributed by atoms with Crippen molar-refractivity contribution < 1.29 is 59.5 Å². The zero-order valence-electron chi connectivity index (χ0n) is 39.7. The predicted octanol–water partition coefficient (Wildman–Crippen LogP) is 20.8. The van der Waals surface area contributed by atoms with Gasteiger partial charge in [0.15, 0.2) is 35.9 Å². The number of halogens is 12. The number of rotatable bonds is 33. The molecule has 0 spiro atoms. The van der Waals surface area contributed by atoms with Crippen molar-refractivity contribution in [2.45, 2.75) is 222 Å². The first-order chi connectivity index (χ1) is 29.4. The maximum atomic E-state index is 9.87.